The van der Waals surface area contributed by atoms with Crippen molar-refractivity contribution in [2.45, 2.75) is 40.3 Å². The second-order valence-electron chi connectivity index (χ2n) is 3.61. The van der Waals surface area contributed by atoms with E-state index >= 15 is 0 Å². The van der Waals surface area contributed by atoms with Crippen molar-refractivity contribution in [2.24, 2.45) is 0 Å². The Hall–Kier alpha value is -1.52. The van der Waals surface area contributed by atoms with Gasteiger partial charge in [0, 0.05) is 5.56 Å². The van der Waals surface area contributed by atoms with Gasteiger partial charge in [0.1, 0.15) is 5.76 Å². The van der Waals surface area contributed by atoms with Crippen LogP contribution in [-0.2, 0) is 11.3 Å². The van der Waals surface area contributed by atoms with E-state index in [-0.39, 0.29) is 6.10 Å². The summed E-state index contributed by atoms with van der Waals surface area (Å²) in [5.41, 5.74) is 1.69. The topological polar surface area (TPSA) is 64.4 Å². The Labute approximate surface area is 88.8 Å². The number of hydrogen-bond donors (Lipinski definition) is 1. The molecule has 5 heteroatoms. The number of carbonyl (C=O) groups is 1. The third-order valence-electron chi connectivity index (χ3n) is 1.93. The van der Waals surface area contributed by atoms with E-state index in [1.54, 1.807) is 13.8 Å². The molecule has 5 nitrogen and oxygen atoms in total. The van der Waals surface area contributed by atoms with Crippen LogP contribution >= 0.6 is 0 Å². The molecule has 1 aromatic rings. The number of aryl methyl sites for hydroxylation is 2. The molecule has 0 bridgehead atoms. The maximum atomic E-state index is 11.2. The van der Waals surface area contributed by atoms with Crippen LogP contribution in [0.15, 0.2) is 4.52 Å². The van der Waals surface area contributed by atoms with E-state index in [2.05, 4.69) is 10.5 Å². The Balaban J connectivity index is 2.47. The molecular weight excluding hydrogens is 196 g/mol. The first-order valence-electron chi connectivity index (χ1n) is 4.87. The van der Waals surface area contributed by atoms with E-state index < -0.39 is 6.09 Å². The summed E-state index contributed by atoms with van der Waals surface area (Å²) in [4.78, 5) is 11.2. The predicted octanol–water partition coefficient (Wildman–Crippen LogP) is 1.93. The molecule has 0 unspecified atom stereocenters. The molecule has 0 aliphatic heterocycles. The molecule has 0 aliphatic carbocycles. The molecule has 0 aliphatic rings. The van der Waals surface area contributed by atoms with Gasteiger partial charge in [-0.05, 0) is 27.7 Å². The second-order valence-corrected chi connectivity index (χ2v) is 3.61. The van der Waals surface area contributed by atoms with Crippen molar-refractivity contribution >= 4 is 6.09 Å². The summed E-state index contributed by atoms with van der Waals surface area (Å²) in [5, 5.41) is 6.42. The van der Waals surface area contributed by atoms with Crippen molar-refractivity contribution < 1.29 is 14.1 Å². The molecule has 0 radical (unpaired) electrons. The zero-order valence-corrected chi connectivity index (χ0v) is 9.46. The normalized spacial score (nSPS) is 10.5. The van der Waals surface area contributed by atoms with E-state index in [1.807, 2.05) is 13.8 Å². The number of alkyl carbamates (subject to hydrolysis) is 1. The monoisotopic (exact) mass is 212 g/mol. The molecule has 0 atom stereocenters. The van der Waals surface area contributed by atoms with Crippen LogP contribution in [0.4, 0.5) is 4.79 Å². The first-order valence-corrected chi connectivity index (χ1v) is 4.87. The smallest absolute Gasteiger partial charge is 0.407 e. The summed E-state index contributed by atoms with van der Waals surface area (Å²) in [6, 6.07) is 0. The lowest BCUT2D eigenvalue weighted by Crippen LogP contribution is -2.26. The highest BCUT2D eigenvalue weighted by atomic mass is 16.6. The molecule has 1 rings (SSSR count). The number of nitrogens with one attached hydrogen (secondary N) is 1. The molecule has 84 valence electrons. The lowest BCUT2D eigenvalue weighted by atomic mass is 10.2. The minimum Gasteiger partial charge on any atom is -0.447 e. The molecule has 1 heterocycles. The zero-order valence-electron chi connectivity index (χ0n) is 9.46. The van der Waals surface area contributed by atoms with Crippen molar-refractivity contribution in [3.8, 4) is 0 Å². The van der Waals surface area contributed by atoms with Crippen LogP contribution in [0.5, 0.6) is 0 Å². The highest BCUT2D eigenvalue weighted by molar-refractivity contribution is 5.67. The fourth-order valence-corrected chi connectivity index (χ4v) is 1.17. The summed E-state index contributed by atoms with van der Waals surface area (Å²) < 4.78 is 9.89. The Morgan fingerprint density at radius 1 is 1.53 bits per heavy atom. The first kappa shape index (κ1) is 11.6. The maximum Gasteiger partial charge on any atom is 0.407 e. The number of amides is 1. The van der Waals surface area contributed by atoms with Crippen molar-refractivity contribution in [1.82, 2.24) is 10.5 Å². The molecule has 0 aromatic carbocycles. The van der Waals surface area contributed by atoms with Gasteiger partial charge in [-0.3, -0.25) is 0 Å². The van der Waals surface area contributed by atoms with Gasteiger partial charge >= 0.3 is 6.09 Å². The van der Waals surface area contributed by atoms with Crippen LogP contribution in [0.25, 0.3) is 0 Å². The average Bonchev–Trinajstić information content (AvgIpc) is 2.42. The molecule has 1 N–H and O–H groups in total. The van der Waals surface area contributed by atoms with Crippen LogP contribution in [-0.4, -0.2) is 17.4 Å². The van der Waals surface area contributed by atoms with Crippen molar-refractivity contribution in [2.75, 3.05) is 0 Å². The number of ether oxygens (including phenoxy) is 1. The van der Waals surface area contributed by atoms with E-state index in [0.29, 0.717) is 6.54 Å². The third-order valence-corrected chi connectivity index (χ3v) is 1.93. The quantitative estimate of drug-likeness (QED) is 0.831. The number of nitrogens with zero attached hydrogens (tertiary/aromatic N) is 1. The van der Waals surface area contributed by atoms with Gasteiger partial charge in [-0.25, -0.2) is 4.79 Å². The van der Waals surface area contributed by atoms with Gasteiger partial charge in [-0.1, -0.05) is 5.16 Å². The SMILES string of the molecule is Cc1noc(C)c1CNC(=O)OC(C)C. The number of aromatic nitrogens is 1. The third kappa shape index (κ3) is 3.27. The fourth-order valence-electron chi connectivity index (χ4n) is 1.17. The Bertz CT molecular complexity index is 325. The molecule has 0 fully saturated rings. The molecule has 1 aromatic heterocycles. The summed E-state index contributed by atoms with van der Waals surface area (Å²) in [6.07, 6.45) is -0.542. The van der Waals surface area contributed by atoms with Crippen LogP contribution in [0.2, 0.25) is 0 Å². The Morgan fingerprint density at radius 2 is 2.20 bits per heavy atom. The minimum atomic E-state index is -0.426. The largest absolute Gasteiger partial charge is 0.447 e. The average molecular weight is 212 g/mol. The molecular formula is C10H16N2O3. The van der Waals surface area contributed by atoms with Gasteiger partial charge < -0.3 is 14.6 Å². The van der Waals surface area contributed by atoms with Crippen LogP contribution < -0.4 is 5.32 Å². The van der Waals surface area contributed by atoms with Gasteiger partial charge in [-0.15, -0.1) is 0 Å². The van der Waals surface area contributed by atoms with Gasteiger partial charge in [0.15, 0.2) is 0 Å². The maximum absolute atomic E-state index is 11.2. The predicted molar refractivity (Wildman–Crippen MR) is 54.4 cm³/mol. The first-order chi connectivity index (χ1) is 7.00. The molecule has 1 amide bonds. The lowest BCUT2D eigenvalue weighted by Gasteiger charge is -2.08. The Morgan fingerprint density at radius 3 is 2.67 bits per heavy atom. The van der Waals surface area contributed by atoms with Gasteiger partial charge in [0.2, 0.25) is 0 Å². The van der Waals surface area contributed by atoms with Gasteiger partial charge in [0.25, 0.3) is 0 Å². The number of carbonyl (C=O) groups excluding carboxylic acids is 1. The van der Waals surface area contributed by atoms with E-state index in [4.69, 9.17) is 9.26 Å². The number of hydrogen-bond acceptors (Lipinski definition) is 4. The van der Waals surface area contributed by atoms with Crippen LogP contribution in [0.3, 0.4) is 0 Å². The molecule has 0 saturated heterocycles. The molecule has 15 heavy (non-hydrogen) atoms. The Kier molecular flexibility index (Phi) is 3.71. The van der Waals surface area contributed by atoms with Crippen molar-refractivity contribution in [3.63, 3.8) is 0 Å². The fraction of sp³-hybridized carbons (Fsp3) is 0.600. The standard InChI is InChI=1S/C10H16N2O3/c1-6(2)14-10(13)11-5-9-7(3)12-15-8(9)4/h6H,5H2,1-4H3,(H,11,13). The van der Waals surface area contributed by atoms with E-state index in [1.165, 1.54) is 0 Å². The van der Waals surface area contributed by atoms with Crippen LogP contribution in [0, 0.1) is 13.8 Å². The summed E-state index contributed by atoms with van der Waals surface area (Å²) in [5.74, 6) is 0.720. The second kappa shape index (κ2) is 4.82. The highest BCUT2D eigenvalue weighted by Crippen LogP contribution is 2.11. The minimum absolute atomic E-state index is 0.116. The van der Waals surface area contributed by atoms with E-state index in [0.717, 1.165) is 17.0 Å². The van der Waals surface area contributed by atoms with Crippen molar-refractivity contribution in [1.29, 1.82) is 0 Å². The number of rotatable bonds is 3. The highest BCUT2D eigenvalue weighted by Gasteiger charge is 2.11. The van der Waals surface area contributed by atoms with E-state index in [9.17, 15) is 4.79 Å². The molecule has 0 saturated carbocycles. The molecule has 0 spiro atoms. The van der Waals surface area contributed by atoms with Gasteiger partial charge in [0.05, 0.1) is 18.3 Å². The summed E-state index contributed by atoms with van der Waals surface area (Å²) in [6.45, 7) is 7.63. The lowest BCUT2D eigenvalue weighted by molar-refractivity contribution is 0.115. The summed E-state index contributed by atoms with van der Waals surface area (Å²) >= 11 is 0. The van der Waals surface area contributed by atoms with Crippen molar-refractivity contribution in [3.05, 3.63) is 17.0 Å². The van der Waals surface area contributed by atoms with Crippen LogP contribution in [0.1, 0.15) is 30.9 Å². The van der Waals surface area contributed by atoms with Gasteiger partial charge in [-0.2, -0.15) is 0 Å². The summed E-state index contributed by atoms with van der Waals surface area (Å²) in [7, 11) is 0. The zero-order chi connectivity index (χ0) is 11.4.